The van der Waals surface area contributed by atoms with E-state index in [1.165, 1.54) is 12.1 Å². The van der Waals surface area contributed by atoms with E-state index in [0.29, 0.717) is 18.8 Å². The Morgan fingerprint density at radius 1 is 1.07 bits per heavy atom. The number of aryl methyl sites for hydroxylation is 3. The number of carbonyl (C=O) groups is 1. The number of sulfonamides is 1. The zero-order chi connectivity index (χ0) is 21.8. The molecular formula is C21H29N3O4S. The van der Waals surface area contributed by atoms with E-state index in [-0.39, 0.29) is 17.3 Å². The highest BCUT2D eigenvalue weighted by Gasteiger charge is 2.15. The van der Waals surface area contributed by atoms with E-state index in [1.54, 1.807) is 6.92 Å². The molecule has 8 heteroatoms. The van der Waals surface area contributed by atoms with Crippen molar-refractivity contribution < 1.29 is 17.9 Å². The average Bonchev–Trinajstić information content (AvgIpc) is 2.56. The van der Waals surface area contributed by atoms with Gasteiger partial charge in [-0.25, -0.2) is 13.6 Å². The Morgan fingerprint density at radius 2 is 1.69 bits per heavy atom. The van der Waals surface area contributed by atoms with Crippen LogP contribution in [-0.2, 0) is 14.8 Å². The lowest BCUT2D eigenvalue weighted by molar-refractivity contribution is -0.117. The molecule has 2 rings (SSSR count). The van der Waals surface area contributed by atoms with Crippen molar-refractivity contribution in [1.82, 2.24) is 4.90 Å². The summed E-state index contributed by atoms with van der Waals surface area (Å²) in [5, 5.41) is 7.99. The summed E-state index contributed by atoms with van der Waals surface area (Å²) in [7, 11) is -2.02. The fourth-order valence-corrected chi connectivity index (χ4v) is 3.59. The standard InChI is InChI=1S/C21H29N3O4S/c1-14-8-15(2)10-18(9-14)28-7-6-24(5)13-21(25)23-20-12-19(29(22,26)27)11-16(3)17(20)4/h8-12H,6-7,13H2,1-5H3,(H,23,25)(H2,22,26,27). The molecule has 0 aliphatic rings. The van der Waals surface area contributed by atoms with Crippen LogP contribution in [-0.4, -0.2) is 46.0 Å². The summed E-state index contributed by atoms with van der Waals surface area (Å²) in [5.41, 5.74) is 4.26. The van der Waals surface area contributed by atoms with Gasteiger partial charge in [0.25, 0.3) is 0 Å². The van der Waals surface area contributed by atoms with Crippen LogP contribution in [0.25, 0.3) is 0 Å². The van der Waals surface area contributed by atoms with Crippen molar-refractivity contribution in [3.05, 3.63) is 52.6 Å². The van der Waals surface area contributed by atoms with Gasteiger partial charge in [-0.1, -0.05) is 6.07 Å². The molecule has 0 spiro atoms. The average molecular weight is 420 g/mol. The van der Waals surface area contributed by atoms with E-state index in [0.717, 1.165) is 28.0 Å². The number of rotatable bonds is 8. The third-order valence-corrected chi connectivity index (χ3v) is 5.49. The molecule has 0 saturated heterocycles. The molecule has 0 bridgehead atoms. The Labute approximate surface area is 172 Å². The quantitative estimate of drug-likeness (QED) is 0.685. The molecule has 1 amide bonds. The number of hydrogen-bond donors (Lipinski definition) is 2. The van der Waals surface area contributed by atoms with E-state index in [9.17, 15) is 13.2 Å². The van der Waals surface area contributed by atoms with Gasteiger partial charge in [0.15, 0.2) is 0 Å². The van der Waals surface area contributed by atoms with Gasteiger partial charge in [-0.3, -0.25) is 9.69 Å². The summed E-state index contributed by atoms with van der Waals surface area (Å²) in [6, 6.07) is 8.92. The number of amides is 1. The second-order valence-electron chi connectivity index (χ2n) is 7.42. The number of nitrogens with zero attached hydrogens (tertiary/aromatic N) is 1. The minimum Gasteiger partial charge on any atom is -0.492 e. The lowest BCUT2D eigenvalue weighted by Crippen LogP contribution is -2.33. The van der Waals surface area contributed by atoms with Crippen LogP contribution >= 0.6 is 0 Å². The van der Waals surface area contributed by atoms with E-state index in [1.807, 2.05) is 44.9 Å². The molecular weight excluding hydrogens is 390 g/mol. The zero-order valence-corrected chi connectivity index (χ0v) is 18.4. The molecule has 0 unspecified atom stereocenters. The Hall–Kier alpha value is -2.42. The van der Waals surface area contributed by atoms with Gasteiger partial charge >= 0.3 is 0 Å². The van der Waals surface area contributed by atoms with Gasteiger partial charge in [-0.05, 0) is 81.3 Å². The number of carbonyl (C=O) groups excluding carboxylic acids is 1. The second kappa shape index (κ2) is 9.39. The van der Waals surface area contributed by atoms with Gasteiger partial charge in [0, 0.05) is 12.2 Å². The number of nitrogens with one attached hydrogen (secondary N) is 1. The normalized spacial score (nSPS) is 11.6. The molecule has 0 atom stereocenters. The van der Waals surface area contributed by atoms with Gasteiger partial charge in [0.1, 0.15) is 12.4 Å². The first-order valence-corrected chi connectivity index (χ1v) is 10.8. The van der Waals surface area contributed by atoms with E-state index < -0.39 is 10.0 Å². The van der Waals surface area contributed by atoms with Gasteiger partial charge in [-0.2, -0.15) is 0 Å². The highest BCUT2D eigenvalue weighted by Crippen LogP contribution is 2.23. The first-order valence-electron chi connectivity index (χ1n) is 9.29. The number of hydrogen-bond acceptors (Lipinski definition) is 5. The number of nitrogens with two attached hydrogens (primary N) is 1. The summed E-state index contributed by atoms with van der Waals surface area (Å²) in [5.74, 6) is 0.569. The van der Waals surface area contributed by atoms with Gasteiger partial charge in [0.2, 0.25) is 15.9 Å². The molecule has 29 heavy (non-hydrogen) atoms. The minimum atomic E-state index is -3.85. The molecule has 3 N–H and O–H groups in total. The van der Waals surface area contributed by atoms with Crippen molar-refractivity contribution in [2.24, 2.45) is 5.14 Å². The van der Waals surface area contributed by atoms with Gasteiger partial charge in [-0.15, -0.1) is 0 Å². The molecule has 7 nitrogen and oxygen atoms in total. The molecule has 0 radical (unpaired) electrons. The third-order valence-electron chi connectivity index (χ3n) is 4.59. The lowest BCUT2D eigenvalue weighted by Gasteiger charge is -2.18. The summed E-state index contributed by atoms with van der Waals surface area (Å²) in [4.78, 5) is 14.2. The third kappa shape index (κ3) is 6.85. The molecule has 0 fully saturated rings. The topological polar surface area (TPSA) is 102 Å². The maximum absolute atomic E-state index is 12.4. The Bertz CT molecular complexity index is 983. The maximum atomic E-state index is 12.4. The summed E-state index contributed by atoms with van der Waals surface area (Å²) in [6.07, 6.45) is 0. The monoisotopic (exact) mass is 419 g/mol. The molecule has 2 aromatic carbocycles. The highest BCUT2D eigenvalue weighted by molar-refractivity contribution is 7.89. The van der Waals surface area contributed by atoms with Crippen molar-refractivity contribution in [1.29, 1.82) is 0 Å². The first-order chi connectivity index (χ1) is 13.5. The SMILES string of the molecule is Cc1cc(C)cc(OCCN(C)CC(=O)Nc2cc(S(N)(=O)=O)cc(C)c2C)c1. The van der Waals surface area contributed by atoms with Gasteiger partial charge < -0.3 is 10.1 Å². The highest BCUT2D eigenvalue weighted by atomic mass is 32.2. The van der Waals surface area contributed by atoms with Crippen LogP contribution in [0.4, 0.5) is 5.69 Å². The Kier molecular flexibility index (Phi) is 7.40. The van der Waals surface area contributed by atoms with Crippen molar-refractivity contribution in [2.75, 3.05) is 32.1 Å². The van der Waals surface area contributed by atoms with Crippen molar-refractivity contribution in [3.8, 4) is 5.75 Å². The molecule has 0 aliphatic heterocycles. The Morgan fingerprint density at radius 3 is 2.28 bits per heavy atom. The molecule has 0 saturated carbocycles. The van der Waals surface area contributed by atoms with Crippen molar-refractivity contribution in [3.63, 3.8) is 0 Å². The maximum Gasteiger partial charge on any atom is 0.238 e. The zero-order valence-electron chi connectivity index (χ0n) is 17.6. The molecule has 0 heterocycles. The molecule has 0 aliphatic carbocycles. The van der Waals surface area contributed by atoms with Crippen LogP contribution in [0.3, 0.4) is 0 Å². The van der Waals surface area contributed by atoms with Crippen LogP contribution < -0.4 is 15.2 Å². The first kappa shape index (κ1) is 22.9. The van der Waals surface area contributed by atoms with Crippen LogP contribution in [0.2, 0.25) is 0 Å². The molecule has 158 valence electrons. The number of benzene rings is 2. The molecule has 2 aromatic rings. The van der Waals surface area contributed by atoms with Crippen LogP contribution in [0.1, 0.15) is 22.3 Å². The van der Waals surface area contributed by atoms with Gasteiger partial charge in [0.05, 0.1) is 11.4 Å². The summed E-state index contributed by atoms with van der Waals surface area (Å²) >= 11 is 0. The largest absolute Gasteiger partial charge is 0.492 e. The minimum absolute atomic E-state index is 0.0221. The lowest BCUT2D eigenvalue weighted by atomic mass is 10.1. The summed E-state index contributed by atoms with van der Waals surface area (Å²) in [6.45, 7) is 8.79. The van der Waals surface area contributed by atoms with Crippen LogP contribution in [0, 0.1) is 27.7 Å². The number of anilines is 1. The van der Waals surface area contributed by atoms with Crippen molar-refractivity contribution >= 4 is 21.6 Å². The summed E-state index contributed by atoms with van der Waals surface area (Å²) < 4.78 is 29.0. The fourth-order valence-electron chi connectivity index (χ4n) is 2.97. The van der Waals surface area contributed by atoms with E-state index in [4.69, 9.17) is 9.88 Å². The number of likely N-dealkylation sites (N-methyl/N-ethyl adjacent to an activating group) is 1. The van der Waals surface area contributed by atoms with Crippen molar-refractivity contribution in [2.45, 2.75) is 32.6 Å². The predicted octanol–water partition coefficient (Wildman–Crippen LogP) is 2.52. The fraction of sp³-hybridized carbons (Fsp3) is 0.381. The smallest absolute Gasteiger partial charge is 0.238 e. The number of primary sulfonamides is 1. The van der Waals surface area contributed by atoms with Crippen LogP contribution in [0.15, 0.2) is 35.2 Å². The van der Waals surface area contributed by atoms with E-state index in [2.05, 4.69) is 11.4 Å². The van der Waals surface area contributed by atoms with Crippen LogP contribution in [0.5, 0.6) is 5.75 Å². The molecule has 0 aromatic heterocycles. The van der Waals surface area contributed by atoms with E-state index >= 15 is 0 Å². The Balaban J connectivity index is 1.92. The number of ether oxygens (including phenoxy) is 1. The second-order valence-corrected chi connectivity index (χ2v) is 8.98. The predicted molar refractivity (Wildman–Crippen MR) is 115 cm³/mol.